The molecule has 6 heteroatoms. The van der Waals surface area contributed by atoms with Crippen LogP contribution in [0.15, 0.2) is 0 Å². The molecule has 19 heavy (non-hydrogen) atoms. The Morgan fingerprint density at radius 3 is 2.63 bits per heavy atom. The first-order valence-corrected chi connectivity index (χ1v) is 6.87. The van der Waals surface area contributed by atoms with Gasteiger partial charge in [-0.25, -0.2) is 4.79 Å². The third kappa shape index (κ3) is 4.70. The fourth-order valence-electron chi connectivity index (χ4n) is 2.36. The van der Waals surface area contributed by atoms with Gasteiger partial charge in [0.2, 0.25) is 5.91 Å². The number of hydrogen-bond acceptors (Lipinski definition) is 4. The SMILES string of the molecule is CCOC(=O)NC1CC(C(C)O)CN(C(=O)CC)C1. The summed E-state index contributed by atoms with van der Waals surface area (Å²) in [5.41, 5.74) is 0. The summed E-state index contributed by atoms with van der Waals surface area (Å²) in [4.78, 5) is 24.9. The minimum absolute atomic E-state index is 0.0174. The van der Waals surface area contributed by atoms with Gasteiger partial charge in [-0.2, -0.15) is 0 Å². The number of ether oxygens (including phenoxy) is 1. The van der Waals surface area contributed by atoms with E-state index in [4.69, 9.17) is 4.74 Å². The number of piperidine rings is 1. The molecule has 0 radical (unpaired) electrons. The minimum atomic E-state index is -0.501. The maximum atomic E-state index is 11.8. The molecule has 110 valence electrons. The van der Waals surface area contributed by atoms with Crippen molar-refractivity contribution in [2.75, 3.05) is 19.7 Å². The number of likely N-dealkylation sites (tertiary alicyclic amines) is 1. The Morgan fingerprint density at radius 1 is 1.42 bits per heavy atom. The van der Waals surface area contributed by atoms with Crippen LogP contribution in [0.25, 0.3) is 0 Å². The van der Waals surface area contributed by atoms with Gasteiger partial charge in [0.15, 0.2) is 0 Å². The summed E-state index contributed by atoms with van der Waals surface area (Å²) in [5, 5.41) is 12.5. The Bertz CT molecular complexity index is 320. The normalized spacial score (nSPS) is 24.7. The molecule has 1 saturated heterocycles. The molecule has 1 heterocycles. The van der Waals surface area contributed by atoms with E-state index >= 15 is 0 Å². The van der Waals surface area contributed by atoms with Crippen molar-refractivity contribution in [3.63, 3.8) is 0 Å². The molecule has 1 aliphatic heterocycles. The summed E-state index contributed by atoms with van der Waals surface area (Å²) in [7, 11) is 0. The second-order valence-electron chi connectivity index (χ2n) is 4.95. The van der Waals surface area contributed by atoms with Gasteiger partial charge in [0.05, 0.1) is 18.8 Å². The monoisotopic (exact) mass is 272 g/mol. The highest BCUT2D eigenvalue weighted by molar-refractivity contribution is 5.76. The van der Waals surface area contributed by atoms with Gasteiger partial charge in [-0.15, -0.1) is 0 Å². The zero-order chi connectivity index (χ0) is 14.4. The number of aliphatic hydroxyl groups excluding tert-OH is 1. The van der Waals surface area contributed by atoms with Crippen molar-refractivity contribution in [1.82, 2.24) is 10.2 Å². The molecule has 2 amide bonds. The van der Waals surface area contributed by atoms with Crippen molar-refractivity contribution in [3.05, 3.63) is 0 Å². The van der Waals surface area contributed by atoms with Crippen molar-refractivity contribution in [2.45, 2.75) is 45.8 Å². The third-order valence-electron chi connectivity index (χ3n) is 3.42. The van der Waals surface area contributed by atoms with E-state index in [2.05, 4.69) is 5.32 Å². The maximum absolute atomic E-state index is 11.8. The minimum Gasteiger partial charge on any atom is -0.450 e. The molecule has 0 saturated carbocycles. The predicted molar refractivity (Wildman–Crippen MR) is 70.6 cm³/mol. The van der Waals surface area contributed by atoms with Gasteiger partial charge in [0.25, 0.3) is 0 Å². The first kappa shape index (κ1) is 15.8. The fourth-order valence-corrected chi connectivity index (χ4v) is 2.36. The standard InChI is InChI=1S/C13H24N2O4/c1-4-12(17)15-7-10(9(3)16)6-11(8-15)14-13(18)19-5-2/h9-11,16H,4-8H2,1-3H3,(H,14,18). The Morgan fingerprint density at radius 2 is 2.11 bits per heavy atom. The first-order chi connectivity index (χ1) is 8.97. The van der Waals surface area contributed by atoms with Crippen LogP contribution in [0, 0.1) is 5.92 Å². The van der Waals surface area contributed by atoms with Crippen LogP contribution in [0.2, 0.25) is 0 Å². The summed E-state index contributed by atoms with van der Waals surface area (Å²) >= 11 is 0. The number of alkyl carbamates (subject to hydrolysis) is 1. The Kier molecular flexibility index (Phi) is 6.08. The van der Waals surface area contributed by atoms with Crippen LogP contribution >= 0.6 is 0 Å². The lowest BCUT2D eigenvalue weighted by atomic mass is 9.90. The summed E-state index contributed by atoms with van der Waals surface area (Å²) in [6, 6.07) is -0.164. The number of nitrogens with zero attached hydrogens (tertiary/aromatic N) is 1. The lowest BCUT2D eigenvalue weighted by Gasteiger charge is -2.39. The number of carbonyl (C=O) groups is 2. The number of amides is 2. The zero-order valence-electron chi connectivity index (χ0n) is 11.9. The largest absolute Gasteiger partial charge is 0.450 e. The molecule has 1 aliphatic rings. The van der Waals surface area contributed by atoms with Gasteiger partial charge >= 0.3 is 6.09 Å². The first-order valence-electron chi connectivity index (χ1n) is 6.87. The Balaban J connectivity index is 2.64. The molecule has 0 aromatic rings. The van der Waals surface area contributed by atoms with Gasteiger partial charge in [-0.05, 0) is 20.3 Å². The fraction of sp³-hybridized carbons (Fsp3) is 0.846. The van der Waals surface area contributed by atoms with Crippen LogP contribution in [0.3, 0.4) is 0 Å². The van der Waals surface area contributed by atoms with Gasteiger partial charge in [-0.3, -0.25) is 4.79 Å². The van der Waals surface area contributed by atoms with E-state index in [9.17, 15) is 14.7 Å². The highest BCUT2D eigenvalue weighted by Gasteiger charge is 2.32. The van der Waals surface area contributed by atoms with Crippen molar-refractivity contribution in [2.24, 2.45) is 5.92 Å². The zero-order valence-corrected chi connectivity index (χ0v) is 11.9. The van der Waals surface area contributed by atoms with Crippen molar-refractivity contribution in [1.29, 1.82) is 0 Å². The van der Waals surface area contributed by atoms with Crippen LogP contribution in [-0.2, 0) is 9.53 Å². The maximum Gasteiger partial charge on any atom is 0.407 e. The van der Waals surface area contributed by atoms with Crippen LogP contribution in [0.1, 0.15) is 33.6 Å². The number of hydrogen-bond donors (Lipinski definition) is 2. The van der Waals surface area contributed by atoms with E-state index in [1.807, 2.05) is 6.92 Å². The summed E-state index contributed by atoms with van der Waals surface area (Å²) < 4.78 is 4.85. The van der Waals surface area contributed by atoms with Crippen LogP contribution < -0.4 is 5.32 Å². The molecule has 0 spiro atoms. The molecule has 6 nitrogen and oxygen atoms in total. The number of nitrogens with one attached hydrogen (secondary N) is 1. The summed E-state index contributed by atoms with van der Waals surface area (Å²) in [5.74, 6) is 0.0252. The van der Waals surface area contributed by atoms with Crippen molar-refractivity contribution < 1.29 is 19.4 Å². The topological polar surface area (TPSA) is 78.9 Å². The quantitative estimate of drug-likeness (QED) is 0.791. The molecule has 0 aliphatic carbocycles. The number of rotatable bonds is 4. The van der Waals surface area contributed by atoms with Gasteiger partial charge in [-0.1, -0.05) is 6.92 Å². The van der Waals surface area contributed by atoms with Crippen LogP contribution in [0.5, 0.6) is 0 Å². The van der Waals surface area contributed by atoms with Gasteiger partial charge < -0.3 is 20.1 Å². The van der Waals surface area contributed by atoms with E-state index in [1.165, 1.54) is 0 Å². The molecular formula is C13H24N2O4. The van der Waals surface area contributed by atoms with Gasteiger partial charge in [0.1, 0.15) is 0 Å². The molecule has 0 aromatic heterocycles. The molecule has 0 bridgehead atoms. The molecule has 1 fully saturated rings. The van der Waals surface area contributed by atoms with E-state index in [0.29, 0.717) is 32.5 Å². The van der Waals surface area contributed by atoms with E-state index in [0.717, 1.165) is 0 Å². The van der Waals surface area contributed by atoms with E-state index in [1.54, 1.807) is 18.7 Å². The molecule has 2 N–H and O–H groups in total. The van der Waals surface area contributed by atoms with E-state index in [-0.39, 0.29) is 17.9 Å². The second kappa shape index (κ2) is 7.33. The van der Waals surface area contributed by atoms with Crippen LogP contribution in [-0.4, -0.2) is 53.8 Å². The lowest BCUT2D eigenvalue weighted by molar-refractivity contribution is -0.134. The highest BCUT2D eigenvalue weighted by Crippen LogP contribution is 2.21. The average Bonchev–Trinajstić information content (AvgIpc) is 2.37. The molecule has 1 rings (SSSR count). The molecule has 3 atom stereocenters. The van der Waals surface area contributed by atoms with E-state index < -0.39 is 12.2 Å². The summed E-state index contributed by atoms with van der Waals surface area (Å²) in [6.45, 7) is 6.61. The molecule has 0 aromatic carbocycles. The number of carbonyl (C=O) groups excluding carboxylic acids is 2. The van der Waals surface area contributed by atoms with Crippen molar-refractivity contribution in [3.8, 4) is 0 Å². The molecular weight excluding hydrogens is 248 g/mol. The lowest BCUT2D eigenvalue weighted by Crippen LogP contribution is -2.54. The van der Waals surface area contributed by atoms with Crippen LogP contribution in [0.4, 0.5) is 4.79 Å². The van der Waals surface area contributed by atoms with Gasteiger partial charge in [0, 0.05) is 25.4 Å². The highest BCUT2D eigenvalue weighted by atomic mass is 16.5. The Hall–Kier alpha value is -1.30. The molecule has 3 unspecified atom stereocenters. The average molecular weight is 272 g/mol. The summed E-state index contributed by atoms with van der Waals surface area (Å²) in [6.07, 6.45) is 0.115. The van der Waals surface area contributed by atoms with Crippen molar-refractivity contribution >= 4 is 12.0 Å². The smallest absolute Gasteiger partial charge is 0.407 e. The number of aliphatic hydroxyl groups is 1. The third-order valence-corrected chi connectivity index (χ3v) is 3.42. The second-order valence-corrected chi connectivity index (χ2v) is 4.95. The predicted octanol–water partition coefficient (Wildman–Crippen LogP) is 0.740. The Labute approximate surface area is 114 Å².